The van der Waals surface area contributed by atoms with E-state index in [1.807, 2.05) is 0 Å². The third kappa shape index (κ3) is 5.98. The topological polar surface area (TPSA) is 116 Å². The van der Waals surface area contributed by atoms with Gasteiger partial charge in [0.15, 0.2) is 11.6 Å². The number of rotatable bonds is 8. The summed E-state index contributed by atoms with van der Waals surface area (Å²) in [6.07, 6.45) is 2.71. The standard InChI is InChI=1S/C29H37F2N7O3/c1-4-24(39)37-9-5-6-20(14-37)33-29-26(31)18(3)25(27(32)40)28(35-29)34-22-8-7-19(30)12-23(22)38-11-10-36(13-17(38)2)21-15-41-16-21/h4,7-8,12,17,20-21H,1,5-6,9-11,13-16H2,2-3H3,(H2,32,40)(H2,33,34,35)/t17-,20+/m0/s1. The average molecular weight is 570 g/mol. The Labute approximate surface area is 238 Å². The highest BCUT2D eigenvalue weighted by Gasteiger charge is 2.33. The summed E-state index contributed by atoms with van der Waals surface area (Å²) < 4.78 is 35.4. The van der Waals surface area contributed by atoms with Crippen LogP contribution in [0.3, 0.4) is 0 Å². The molecule has 41 heavy (non-hydrogen) atoms. The first-order chi connectivity index (χ1) is 19.7. The van der Waals surface area contributed by atoms with Crippen molar-refractivity contribution in [3.8, 4) is 0 Å². The van der Waals surface area contributed by atoms with Crippen molar-refractivity contribution in [1.29, 1.82) is 0 Å². The number of amides is 2. The summed E-state index contributed by atoms with van der Waals surface area (Å²) >= 11 is 0. The van der Waals surface area contributed by atoms with Gasteiger partial charge in [0.25, 0.3) is 5.91 Å². The van der Waals surface area contributed by atoms with Crippen LogP contribution in [0.15, 0.2) is 30.9 Å². The molecule has 0 radical (unpaired) electrons. The Hall–Kier alpha value is -3.77. The summed E-state index contributed by atoms with van der Waals surface area (Å²) in [5.41, 5.74) is 6.77. The summed E-state index contributed by atoms with van der Waals surface area (Å²) in [7, 11) is 0. The van der Waals surface area contributed by atoms with Gasteiger partial charge in [0.2, 0.25) is 5.91 Å². The zero-order valence-corrected chi connectivity index (χ0v) is 23.5. The monoisotopic (exact) mass is 569 g/mol. The molecule has 0 bridgehead atoms. The van der Waals surface area contributed by atoms with Crippen LogP contribution in [-0.4, -0.2) is 90.7 Å². The van der Waals surface area contributed by atoms with Crippen LogP contribution in [0.25, 0.3) is 0 Å². The lowest BCUT2D eigenvalue weighted by molar-refractivity contribution is -0.127. The number of hydrogen-bond donors (Lipinski definition) is 3. The Morgan fingerprint density at radius 3 is 2.61 bits per heavy atom. The molecule has 2 atom stereocenters. The predicted octanol–water partition coefficient (Wildman–Crippen LogP) is 3.01. The molecular weight excluding hydrogens is 532 g/mol. The summed E-state index contributed by atoms with van der Waals surface area (Å²) in [6, 6.07) is 4.60. The molecule has 5 rings (SSSR count). The van der Waals surface area contributed by atoms with Gasteiger partial charge in [-0.1, -0.05) is 6.58 Å². The van der Waals surface area contributed by atoms with Crippen molar-refractivity contribution < 1.29 is 23.1 Å². The minimum Gasteiger partial charge on any atom is -0.378 e. The molecule has 0 saturated carbocycles. The second-order valence-electron chi connectivity index (χ2n) is 11.0. The van der Waals surface area contributed by atoms with E-state index in [1.54, 1.807) is 11.0 Å². The van der Waals surface area contributed by atoms with Gasteiger partial charge in [0.05, 0.1) is 36.2 Å². The highest BCUT2D eigenvalue weighted by Crippen LogP contribution is 2.35. The SMILES string of the molecule is C=CC(=O)N1CCC[C@@H](Nc2nc(Nc3ccc(F)cc3N3CCN(C4COC4)C[C@@H]3C)c(C(N)=O)c(C)c2F)C1. The van der Waals surface area contributed by atoms with Crippen LogP contribution < -0.4 is 21.3 Å². The number of nitrogens with two attached hydrogens (primary N) is 1. The lowest BCUT2D eigenvalue weighted by atomic mass is 10.0. The van der Waals surface area contributed by atoms with E-state index < -0.39 is 17.5 Å². The molecule has 0 aliphatic carbocycles. The number of aromatic nitrogens is 1. The van der Waals surface area contributed by atoms with Gasteiger partial charge in [-0.25, -0.2) is 13.8 Å². The first kappa shape index (κ1) is 28.7. The summed E-state index contributed by atoms with van der Waals surface area (Å²) in [5, 5.41) is 6.29. The fourth-order valence-electron chi connectivity index (χ4n) is 5.87. The number of benzene rings is 1. The van der Waals surface area contributed by atoms with Crippen LogP contribution in [0, 0.1) is 18.6 Å². The fraction of sp³-hybridized carbons (Fsp3) is 0.483. The number of nitrogens with zero attached hydrogens (tertiary/aromatic N) is 4. The molecule has 3 fully saturated rings. The van der Waals surface area contributed by atoms with E-state index in [2.05, 4.69) is 38.9 Å². The number of primary amides is 1. The number of likely N-dealkylation sites (tertiary alicyclic amines) is 1. The average Bonchev–Trinajstić information content (AvgIpc) is 2.91. The maximum Gasteiger partial charge on any atom is 0.252 e. The molecular formula is C29H37F2N7O3. The molecule has 12 heteroatoms. The van der Waals surface area contributed by atoms with Crippen LogP contribution in [0.4, 0.5) is 31.8 Å². The maximum absolute atomic E-state index is 15.5. The minimum absolute atomic E-state index is 0.0423. The number of halogens is 2. The highest BCUT2D eigenvalue weighted by molar-refractivity contribution is 6.00. The summed E-state index contributed by atoms with van der Waals surface area (Å²) in [5.74, 6) is -2.10. The largest absolute Gasteiger partial charge is 0.378 e. The molecule has 1 aromatic carbocycles. The molecule has 1 aromatic heterocycles. The normalized spacial score (nSPS) is 21.8. The number of piperidine rings is 1. The second kappa shape index (κ2) is 12.0. The van der Waals surface area contributed by atoms with E-state index in [-0.39, 0.29) is 40.8 Å². The molecule has 0 unspecified atom stereocenters. The molecule has 0 spiro atoms. The number of nitrogens with one attached hydrogen (secondary N) is 2. The van der Waals surface area contributed by atoms with Crippen molar-refractivity contribution in [2.24, 2.45) is 5.73 Å². The number of carbonyl (C=O) groups is 2. The van der Waals surface area contributed by atoms with Gasteiger partial charge in [0.1, 0.15) is 11.6 Å². The van der Waals surface area contributed by atoms with Crippen LogP contribution in [0.2, 0.25) is 0 Å². The molecule has 10 nitrogen and oxygen atoms in total. The van der Waals surface area contributed by atoms with Gasteiger partial charge in [0, 0.05) is 50.4 Å². The van der Waals surface area contributed by atoms with E-state index >= 15 is 4.39 Å². The van der Waals surface area contributed by atoms with E-state index in [0.717, 1.165) is 32.7 Å². The molecule has 3 aliphatic heterocycles. The van der Waals surface area contributed by atoms with Crippen LogP contribution >= 0.6 is 0 Å². The number of piperazine rings is 1. The number of carbonyl (C=O) groups excluding carboxylic acids is 2. The number of anilines is 4. The lowest BCUT2D eigenvalue weighted by Crippen LogP contribution is -2.59. The summed E-state index contributed by atoms with van der Waals surface area (Å²) in [4.78, 5) is 35.2. The Morgan fingerprint density at radius 2 is 1.95 bits per heavy atom. The zero-order chi connectivity index (χ0) is 29.3. The van der Waals surface area contributed by atoms with Crippen LogP contribution in [0.5, 0.6) is 0 Å². The Kier molecular flexibility index (Phi) is 8.41. The first-order valence-electron chi connectivity index (χ1n) is 14.0. The van der Waals surface area contributed by atoms with Gasteiger partial charge in [-0.15, -0.1) is 0 Å². The minimum atomic E-state index is -0.836. The van der Waals surface area contributed by atoms with E-state index in [1.165, 1.54) is 25.1 Å². The van der Waals surface area contributed by atoms with E-state index in [9.17, 15) is 14.0 Å². The summed E-state index contributed by atoms with van der Waals surface area (Å²) in [6.45, 7) is 11.8. The molecule has 3 aliphatic rings. The highest BCUT2D eigenvalue weighted by atomic mass is 19.1. The van der Waals surface area contributed by atoms with Gasteiger partial charge < -0.3 is 30.9 Å². The van der Waals surface area contributed by atoms with Gasteiger partial charge in [-0.05, 0) is 51.0 Å². The molecule has 220 valence electrons. The number of pyridine rings is 1. The Balaban J connectivity index is 1.44. The van der Waals surface area contributed by atoms with Crippen molar-refractivity contribution in [1.82, 2.24) is 14.8 Å². The third-order valence-electron chi connectivity index (χ3n) is 8.19. The lowest BCUT2D eigenvalue weighted by Gasteiger charge is -2.46. The third-order valence-corrected chi connectivity index (χ3v) is 8.19. The molecule has 2 amide bonds. The van der Waals surface area contributed by atoms with Gasteiger partial charge >= 0.3 is 0 Å². The molecule has 4 heterocycles. The smallest absolute Gasteiger partial charge is 0.252 e. The van der Waals surface area contributed by atoms with Crippen molar-refractivity contribution >= 4 is 34.8 Å². The van der Waals surface area contributed by atoms with Gasteiger partial charge in [-0.2, -0.15) is 0 Å². The van der Waals surface area contributed by atoms with Crippen molar-refractivity contribution in [3.63, 3.8) is 0 Å². The van der Waals surface area contributed by atoms with Crippen LogP contribution in [-0.2, 0) is 9.53 Å². The second-order valence-corrected chi connectivity index (χ2v) is 11.0. The van der Waals surface area contributed by atoms with E-state index in [0.29, 0.717) is 43.5 Å². The van der Waals surface area contributed by atoms with Crippen molar-refractivity contribution in [2.45, 2.75) is 44.8 Å². The zero-order valence-electron chi connectivity index (χ0n) is 23.5. The van der Waals surface area contributed by atoms with Crippen LogP contribution in [0.1, 0.15) is 35.7 Å². The van der Waals surface area contributed by atoms with Crippen molar-refractivity contribution in [3.05, 3.63) is 53.6 Å². The van der Waals surface area contributed by atoms with Gasteiger partial charge in [-0.3, -0.25) is 14.5 Å². The Bertz CT molecular complexity index is 1340. The first-order valence-corrected chi connectivity index (χ1v) is 14.0. The molecule has 3 saturated heterocycles. The predicted molar refractivity (Wildman–Crippen MR) is 154 cm³/mol. The fourth-order valence-corrected chi connectivity index (χ4v) is 5.87. The number of ether oxygens (including phenoxy) is 1. The Morgan fingerprint density at radius 1 is 1.17 bits per heavy atom. The number of hydrogen-bond acceptors (Lipinski definition) is 8. The molecule has 2 aromatic rings. The quantitative estimate of drug-likeness (QED) is 0.416. The van der Waals surface area contributed by atoms with E-state index in [4.69, 9.17) is 10.5 Å². The molecule has 4 N–H and O–H groups in total. The maximum atomic E-state index is 15.5. The van der Waals surface area contributed by atoms with Crippen molar-refractivity contribution in [2.75, 3.05) is 61.5 Å².